The summed E-state index contributed by atoms with van der Waals surface area (Å²) in [5.41, 5.74) is 0.805. The second-order valence-corrected chi connectivity index (χ2v) is 3.98. The average Bonchev–Trinajstić information content (AvgIpc) is 2.30. The summed E-state index contributed by atoms with van der Waals surface area (Å²) in [6, 6.07) is 7.23. The number of benzene rings is 1. The molecule has 5 heteroatoms. The summed E-state index contributed by atoms with van der Waals surface area (Å²) in [5, 5.41) is 3.30. The van der Waals surface area contributed by atoms with Gasteiger partial charge in [-0.1, -0.05) is 18.2 Å². The molecule has 0 aromatic heterocycles. The highest BCUT2D eigenvalue weighted by molar-refractivity contribution is 5.85. The number of hydrogen-bond acceptors (Lipinski definition) is 2. The molecule has 0 saturated carbocycles. The molecule has 1 N–H and O–H groups in total. The molecule has 1 atom stereocenters. The minimum absolute atomic E-state index is 0. The van der Waals surface area contributed by atoms with Crippen molar-refractivity contribution in [2.24, 2.45) is 0 Å². The predicted octanol–water partition coefficient (Wildman–Crippen LogP) is 2.64. The largest absolute Gasteiger partial charge is 0.314 e. The van der Waals surface area contributed by atoms with E-state index >= 15 is 0 Å². The maximum absolute atomic E-state index is 13.6. The van der Waals surface area contributed by atoms with E-state index in [1.807, 2.05) is 12.1 Å². The van der Waals surface area contributed by atoms with Gasteiger partial charge in [-0.15, -0.1) is 24.8 Å². The molecule has 0 amide bonds. The lowest BCUT2D eigenvalue weighted by atomic mass is 10.1. The van der Waals surface area contributed by atoms with E-state index < -0.39 is 0 Å². The first-order valence-electron chi connectivity index (χ1n) is 5.48. The molecule has 1 aromatic rings. The molecule has 1 heterocycles. The fourth-order valence-corrected chi connectivity index (χ4v) is 2.08. The van der Waals surface area contributed by atoms with E-state index in [1.165, 1.54) is 6.07 Å². The Morgan fingerprint density at radius 2 is 1.76 bits per heavy atom. The van der Waals surface area contributed by atoms with Crippen molar-refractivity contribution in [1.29, 1.82) is 0 Å². The standard InChI is InChI=1S/C12H17FN2.2ClH/c1-10(15-8-6-14-7-9-15)11-4-2-3-5-12(11)13;;/h2-5,10,14H,6-9H2,1H3;2*1H/t10-;;/m1../s1. The van der Waals surface area contributed by atoms with E-state index in [0.717, 1.165) is 31.7 Å². The van der Waals surface area contributed by atoms with Gasteiger partial charge in [0.05, 0.1) is 0 Å². The van der Waals surface area contributed by atoms with Gasteiger partial charge in [0.1, 0.15) is 5.82 Å². The third kappa shape index (κ3) is 4.11. The molecule has 98 valence electrons. The molecule has 1 fully saturated rings. The molecule has 0 unspecified atom stereocenters. The highest BCUT2D eigenvalue weighted by Gasteiger charge is 2.19. The molecular weight excluding hydrogens is 262 g/mol. The Morgan fingerprint density at radius 1 is 1.18 bits per heavy atom. The average molecular weight is 281 g/mol. The van der Waals surface area contributed by atoms with Crippen LogP contribution >= 0.6 is 24.8 Å². The summed E-state index contributed by atoms with van der Waals surface area (Å²) in [5.74, 6) is -0.0940. The Bertz CT molecular complexity index is 330. The zero-order valence-corrected chi connectivity index (χ0v) is 11.5. The van der Waals surface area contributed by atoms with Crippen molar-refractivity contribution < 1.29 is 4.39 Å². The summed E-state index contributed by atoms with van der Waals surface area (Å²) in [4.78, 5) is 2.31. The first-order chi connectivity index (χ1) is 7.29. The Labute approximate surface area is 114 Å². The molecule has 0 spiro atoms. The number of piperazine rings is 1. The van der Waals surface area contributed by atoms with Crippen LogP contribution in [0.25, 0.3) is 0 Å². The lowest BCUT2D eigenvalue weighted by molar-refractivity contribution is 0.182. The first kappa shape index (κ1) is 16.6. The van der Waals surface area contributed by atoms with E-state index in [2.05, 4.69) is 17.1 Å². The van der Waals surface area contributed by atoms with Crippen LogP contribution in [0.1, 0.15) is 18.5 Å². The van der Waals surface area contributed by atoms with Crippen LogP contribution in [-0.4, -0.2) is 31.1 Å². The van der Waals surface area contributed by atoms with Gasteiger partial charge in [0.2, 0.25) is 0 Å². The molecule has 17 heavy (non-hydrogen) atoms. The van der Waals surface area contributed by atoms with Gasteiger partial charge in [0.15, 0.2) is 0 Å². The molecule has 0 bridgehead atoms. The zero-order valence-electron chi connectivity index (χ0n) is 9.86. The number of nitrogens with zero attached hydrogens (tertiary/aromatic N) is 1. The third-order valence-corrected chi connectivity index (χ3v) is 3.05. The Morgan fingerprint density at radius 3 is 2.35 bits per heavy atom. The Kier molecular flexibility index (Phi) is 7.71. The van der Waals surface area contributed by atoms with Crippen LogP contribution in [0.15, 0.2) is 24.3 Å². The van der Waals surface area contributed by atoms with E-state index in [1.54, 1.807) is 6.07 Å². The quantitative estimate of drug-likeness (QED) is 0.896. The molecule has 0 radical (unpaired) electrons. The predicted molar refractivity (Wildman–Crippen MR) is 73.8 cm³/mol. The van der Waals surface area contributed by atoms with Crippen LogP contribution in [0, 0.1) is 5.82 Å². The lowest BCUT2D eigenvalue weighted by Gasteiger charge is -2.33. The van der Waals surface area contributed by atoms with Gasteiger partial charge in [-0.05, 0) is 13.0 Å². The van der Waals surface area contributed by atoms with E-state index in [-0.39, 0.29) is 36.7 Å². The van der Waals surface area contributed by atoms with E-state index in [4.69, 9.17) is 0 Å². The van der Waals surface area contributed by atoms with Crippen LogP contribution in [0.3, 0.4) is 0 Å². The van der Waals surface area contributed by atoms with Crippen molar-refractivity contribution in [3.63, 3.8) is 0 Å². The SMILES string of the molecule is C[C@H](c1ccccc1F)N1CCNCC1.Cl.Cl. The smallest absolute Gasteiger partial charge is 0.127 e. The number of hydrogen-bond donors (Lipinski definition) is 1. The van der Waals surface area contributed by atoms with Gasteiger partial charge in [0, 0.05) is 37.8 Å². The minimum Gasteiger partial charge on any atom is -0.314 e. The molecular formula is C12H19Cl2FN2. The monoisotopic (exact) mass is 280 g/mol. The van der Waals surface area contributed by atoms with E-state index in [9.17, 15) is 4.39 Å². The lowest BCUT2D eigenvalue weighted by Crippen LogP contribution is -2.44. The van der Waals surface area contributed by atoms with Gasteiger partial charge >= 0.3 is 0 Å². The van der Waals surface area contributed by atoms with Crippen LogP contribution in [-0.2, 0) is 0 Å². The molecule has 1 aromatic carbocycles. The summed E-state index contributed by atoms with van der Waals surface area (Å²) in [7, 11) is 0. The molecule has 1 aliphatic rings. The maximum atomic E-state index is 13.6. The summed E-state index contributed by atoms with van der Waals surface area (Å²) in [6.07, 6.45) is 0. The molecule has 2 nitrogen and oxygen atoms in total. The van der Waals surface area contributed by atoms with Crippen LogP contribution in [0.4, 0.5) is 4.39 Å². The molecule has 0 aliphatic carbocycles. The Balaban J connectivity index is 0.00000128. The Hall–Kier alpha value is -0.350. The highest BCUT2D eigenvalue weighted by Crippen LogP contribution is 2.22. The van der Waals surface area contributed by atoms with Crippen LogP contribution < -0.4 is 5.32 Å². The van der Waals surface area contributed by atoms with Gasteiger partial charge < -0.3 is 5.32 Å². The van der Waals surface area contributed by atoms with Crippen LogP contribution in [0.2, 0.25) is 0 Å². The van der Waals surface area contributed by atoms with Crippen molar-refractivity contribution >= 4 is 24.8 Å². The van der Waals surface area contributed by atoms with Crippen LogP contribution in [0.5, 0.6) is 0 Å². The summed E-state index contributed by atoms with van der Waals surface area (Å²) in [6.45, 7) is 6.06. The van der Waals surface area contributed by atoms with Crippen molar-refractivity contribution in [2.45, 2.75) is 13.0 Å². The first-order valence-corrected chi connectivity index (χ1v) is 5.48. The number of nitrogens with one attached hydrogen (secondary N) is 1. The molecule has 1 saturated heterocycles. The van der Waals surface area contributed by atoms with Gasteiger partial charge in [0.25, 0.3) is 0 Å². The number of rotatable bonds is 2. The van der Waals surface area contributed by atoms with Crippen molar-refractivity contribution in [2.75, 3.05) is 26.2 Å². The summed E-state index contributed by atoms with van der Waals surface area (Å²) >= 11 is 0. The topological polar surface area (TPSA) is 15.3 Å². The zero-order chi connectivity index (χ0) is 10.7. The molecule has 1 aliphatic heterocycles. The highest BCUT2D eigenvalue weighted by atomic mass is 35.5. The van der Waals surface area contributed by atoms with Crippen molar-refractivity contribution in [3.05, 3.63) is 35.6 Å². The second-order valence-electron chi connectivity index (χ2n) is 3.98. The van der Waals surface area contributed by atoms with Crippen molar-refractivity contribution in [3.8, 4) is 0 Å². The normalized spacial score (nSPS) is 17.8. The number of halogens is 3. The van der Waals surface area contributed by atoms with Gasteiger partial charge in [-0.25, -0.2) is 4.39 Å². The second kappa shape index (κ2) is 7.88. The van der Waals surface area contributed by atoms with Gasteiger partial charge in [-0.2, -0.15) is 0 Å². The fraction of sp³-hybridized carbons (Fsp3) is 0.500. The summed E-state index contributed by atoms with van der Waals surface area (Å²) < 4.78 is 13.6. The fourth-order valence-electron chi connectivity index (χ4n) is 2.08. The maximum Gasteiger partial charge on any atom is 0.127 e. The third-order valence-electron chi connectivity index (χ3n) is 3.05. The van der Waals surface area contributed by atoms with E-state index in [0.29, 0.717) is 0 Å². The minimum atomic E-state index is -0.0940. The molecule has 2 rings (SSSR count). The van der Waals surface area contributed by atoms with Gasteiger partial charge in [-0.3, -0.25) is 4.90 Å². The van der Waals surface area contributed by atoms with Crippen molar-refractivity contribution in [1.82, 2.24) is 10.2 Å².